The normalized spacial score (nSPS) is 16.6. The molecule has 96 valence electrons. The number of rotatable bonds is 8. The number of nitrogens with two attached hydrogens (primary N) is 1. The van der Waals surface area contributed by atoms with Gasteiger partial charge in [-0.15, -0.1) is 0 Å². The molecule has 0 rings (SSSR count). The average molecular weight is 230 g/mol. The number of hydrogen-bond acceptors (Lipinski definition) is 3. The second-order valence-electron chi connectivity index (χ2n) is 4.36. The molecule has 3 N–H and O–H groups in total. The molecule has 0 aliphatic rings. The SMILES string of the molecule is CCCC(COC)NC(=O)C(N)C(C)CC. The molecule has 0 spiro atoms. The average Bonchev–Trinajstić information content (AvgIpc) is 2.27. The highest BCUT2D eigenvalue weighted by molar-refractivity contribution is 5.82. The van der Waals surface area contributed by atoms with Crippen LogP contribution >= 0.6 is 0 Å². The van der Waals surface area contributed by atoms with E-state index < -0.39 is 6.04 Å². The van der Waals surface area contributed by atoms with Gasteiger partial charge in [0.2, 0.25) is 5.91 Å². The fourth-order valence-corrected chi connectivity index (χ4v) is 1.56. The first-order chi connectivity index (χ1) is 7.56. The zero-order chi connectivity index (χ0) is 12.6. The summed E-state index contributed by atoms with van der Waals surface area (Å²) in [4.78, 5) is 11.8. The summed E-state index contributed by atoms with van der Waals surface area (Å²) in [7, 11) is 1.64. The molecule has 0 fully saturated rings. The van der Waals surface area contributed by atoms with E-state index in [0.29, 0.717) is 6.61 Å². The van der Waals surface area contributed by atoms with Crippen molar-refractivity contribution in [1.82, 2.24) is 5.32 Å². The summed E-state index contributed by atoms with van der Waals surface area (Å²) in [6.45, 7) is 6.67. The molecule has 1 amide bonds. The summed E-state index contributed by atoms with van der Waals surface area (Å²) in [5.74, 6) is 0.148. The van der Waals surface area contributed by atoms with Crippen LogP contribution in [0.15, 0.2) is 0 Å². The molecule has 0 aromatic rings. The quantitative estimate of drug-likeness (QED) is 0.660. The first-order valence-corrected chi connectivity index (χ1v) is 6.11. The van der Waals surface area contributed by atoms with E-state index in [1.807, 2.05) is 13.8 Å². The second kappa shape index (κ2) is 8.53. The maximum absolute atomic E-state index is 11.8. The van der Waals surface area contributed by atoms with E-state index in [9.17, 15) is 4.79 Å². The third-order valence-electron chi connectivity index (χ3n) is 2.91. The van der Waals surface area contributed by atoms with Crippen molar-refractivity contribution in [3.63, 3.8) is 0 Å². The Balaban J connectivity index is 4.16. The van der Waals surface area contributed by atoms with Crippen molar-refractivity contribution in [1.29, 1.82) is 0 Å². The van der Waals surface area contributed by atoms with Gasteiger partial charge >= 0.3 is 0 Å². The fourth-order valence-electron chi connectivity index (χ4n) is 1.56. The molecule has 4 nitrogen and oxygen atoms in total. The second-order valence-corrected chi connectivity index (χ2v) is 4.36. The van der Waals surface area contributed by atoms with E-state index >= 15 is 0 Å². The molecule has 4 heteroatoms. The van der Waals surface area contributed by atoms with E-state index in [0.717, 1.165) is 19.3 Å². The van der Waals surface area contributed by atoms with Gasteiger partial charge in [-0.2, -0.15) is 0 Å². The minimum absolute atomic E-state index is 0.0650. The number of amides is 1. The molecule has 0 saturated carbocycles. The third kappa shape index (κ3) is 5.47. The lowest BCUT2D eigenvalue weighted by Crippen LogP contribution is -2.49. The molecule has 0 heterocycles. The van der Waals surface area contributed by atoms with Crippen LogP contribution in [0, 0.1) is 5.92 Å². The Bertz CT molecular complexity index is 191. The van der Waals surface area contributed by atoms with E-state index in [-0.39, 0.29) is 17.9 Å². The Morgan fingerprint density at radius 3 is 2.50 bits per heavy atom. The molecular formula is C12H26N2O2. The molecule has 0 aliphatic heterocycles. The minimum Gasteiger partial charge on any atom is -0.383 e. The summed E-state index contributed by atoms with van der Waals surface area (Å²) in [5.41, 5.74) is 5.86. The number of carbonyl (C=O) groups is 1. The zero-order valence-corrected chi connectivity index (χ0v) is 11.0. The summed E-state index contributed by atoms with van der Waals surface area (Å²) >= 11 is 0. The number of carbonyl (C=O) groups excluding carboxylic acids is 1. The van der Waals surface area contributed by atoms with Crippen LogP contribution in [0.25, 0.3) is 0 Å². The molecule has 3 atom stereocenters. The predicted octanol–water partition coefficient (Wildman–Crippen LogP) is 1.29. The largest absolute Gasteiger partial charge is 0.383 e. The van der Waals surface area contributed by atoms with Crippen molar-refractivity contribution in [3.05, 3.63) is 0 Å². The highest BCUT2D eigenvalue weighted by atomic mass is 16.5. The molecule has 0 saturated heterocycles. The number of hydrogen-bond donors (Lipinski definition) is 2. The van der Waals surface area contributed by atoms with Gasteiger partial charge in [-0.25, -0.2) is 0 Å². The van der Waals surface area contributed by atoms with Gasteiger partial charge in [0.05, 0.1) is 18.7 Å². The Morgan fingerprint density at radius 1 is 1.44 bits per heavy atom. The van der Waals surface area contributed by atoms with Crippen molar-refractivity contribution in [2.75, 3.05) is 13.7 Å². The predicted molar refractivity (Wildman–Crippen MR) is 66.1 cm³/mol. The van der Waals surface area contributed by atoms with Crippen molar-refractivity contribution < 1.29 is 9.53 Å². The third-order valence-corrected chi connectivity index (χ3v) is 2.91. The van der Waals surface area contributed by atoms with Gasteiger partial charge in [0, 0.05) is 7.11 Å². The highest BCUT2D eigenvalue weighted by Gasteiger charge is 2.21. The Labute approximate surface area is 98.9 Å². The van der Waals surface area contributed by atoms with Crippen molar-refractivity contribution in [3.8, 4) is 0 Å². The summed E-state index contributed by atoms with van der Waals surface area (Å²) in [5, 5.41) is 2.94. The molecule has 0 radical (unpaired) electrons. The van der Waals surface area contributed by atoms with Gasteiger partial charge in [0.1, 0.15) is 0 Å². The number of nitrogens with one attached hydrogen (secondary N) is 1. The minimum atomic E-state index is -0.416. The van der Waals surface area contributed by atoms with Gasteiger partial charge in [0.25, 0.3) is 0 Å². The van der Waals surface area contributed by atoms with Crippen LogP contribution in [0.5, 0.6) is 0 Å². The van der Waals surface area contributed by atoms with Crippen LogP contribution < -0.4 is 11.1 Å². The van der Waals surface area contributed by atoms with E-state index in [2.05, 4.69) is 12.2 Å². The Morgan fingerprint density at radius 2 is 2.06 bits per heavy atom. The maximum Gasteiger partial charge on any atom is 0.237 e. The van der Waals surface area contributed by atoms with Crippen molar-refractivity contribution >= 4 is 5.91 Å². The molecular weight excluding hydrogens is 204 g/mol. The van der Waals surface area contributed by atoms with Crippen molar-refractivity contribution in [2.24, 2.45) is 11.7 Å². The van der Waals surface area contributed by atoms with E-state index in [1.54, 1.807) is 7.11 Å². The summed E-state index contributed by atoms with van der Waals surface area (Å²) in [6, 6.07) is -0.334. The number of ether oxygens (including phenoxy) is 1. The standard InChI is InChI=1S/C12H26N2O2/c1-5-7-10(8-16-4)14-12(15)11(13)9(3)6-2/h9-11H,5-8,13H2,1-4H3,(H,14,15). The van der Waals surface area contributed by atoms with Crippen LogP contribution in [-0.4, -0.2) is 31.7 Å². The van der Waals surface area contributed by atoms with Crippen LogP contribution in [0.2, 0.25) is 0 Å². The molecule has 16 heavy (non-hydrogen) atoms. The lowest BCUT2D eigenvalue weighted by Gasteiger charge is -2.22. The smallest absolute Gasteiger partial charge is 0.237 e. The highest BCUT2D eigenvalue weighted by Crippen LogP contribution is 2.06. The lowest BCUT2D eigenvalue weighted by atomic mass is 9.99. The maximum atomic E-state index is 11.8. The number of methoxy groups -OCH3 is 1. The Hall–Kier alpha value is -0.610. The molecule has 0 aromatic heterocycles. The van der Waals surface area contributed by atoms with Gasteiger partial charge in [-0.05, 0) is 12.3 Å². The van der Waals surface area contributed by atoms with Crippen molar-refractivity contribution in [2.45, 2.75) is 52.1 Å². The van der Waals surface area contributed by atoms with Gasteiger partial charge in [-0.1, -0.05) is 33.6 Å². The van der Waals surface area contributed by atoms with Crippen LogP contribution in [0.4, 0.5) is 0 Å². The van der Waals surface area contributed by atoms with E-state index in [1.165, 1.54) is 0 Å². The zero-order valence-electron chi connectivity index (χ0n) is 11.0. The lowest BCUT2D eigenvalue weighted by molar-refractivity contribution is -0.124. The summed E-state index contributed by atoms with van der Waals surface area (Å²) in [6.07, 6.45) is 2.86. The monoisotopic (exact) mass is 230 g/mol. The molecule has 0 aliphatic carbocycles. The van der Waals surface area contributed by atoms with Gasteiger partial charge < -0.3 is 15.8 Å². The first-order valence-electron chi connectivity index (χ1n) is 6.11. The summed E-state index contributed by atoms with van der Waals surface area (Å²) < 4.78 is 5.07. The fraction of sp³-hybridized carbons (Fsp3) is 0.917. The first kappa shape index (κ1) is 15.4. The van der Waals surface area contributed by atoms with Crippen LogP contribution in [0.1, 0.15) is 40.0 Å². The molecule has 0 bridgehead atoms. The van der Waals surface area contributed by atoms with E-state index in [4.69, 9.17) is 10.5 Å². The van der Waals surface area contributed by atoms with Crippen LogP contribution in [-0.2, 0) is 9.53 Å². The Kier molecular flexibility index (Phi) is 8.21. The van der Waals surface area contributed by atoms with Gasteiger partial charge in [-0.3, -0.25) is 4.79 Å². The molecule has 3 unspecified atom stereocenters. The topological polar surface area (TPSA) is 64.3 Å². The molecule has 0 aromatic carbocycles. The van der Waals surface area contributed by atoms with Crippen LogP contribution in [0.3, 0.4) is 0 Å². The van der Waals surface area contributed by atoms with Gasteiger partial charge in [0.15, 0.2) is 0 Å².